The van der Waals surface area contributed by atoms with Crippen LogP contribution in [0.2, 0.25) is 0 Å². The zero-order chi connectivity index (χ0) is 19.2. The summed E-state index contributed by atoms with van der Waals surface area (Å²) in [7, 11) is -4.13. The zero-order valence-electron chi connectivity index (χ0n) is 12.2. The van der Waals surface area contributed by atoms with Crippen molar-refractivity contribution in [3.63, 3.8) is 0 Å². The topological polar surface area (TPSA) is 91.3 Å². The van der Waals surface area contributed by atoms with Gasteiger partial charge in [0.2, 0.25) is 0 Å². The molecule has 0 fully saturated rings. The van der Waals surface area contributed by atoms with Crippen molar-refractivity contribution in [3.05, 3.63) is 0 Å². The van der Waals surface area contributed by atoms with Crippen LogP contribution in [-0.2, 0) is 27.9 Å². The molecule has 0 aliphatic carbocycles. The van der Waals surface area contributed by atoms with E-state index in [1.165, 1.54) is 13.8 Å². The molecule has 14 heteroatoms. The molecule has 0 saturated heterocycles. The monoisotopic (exact) mass is 387 g/mol. The summed E-state index contributed by atoms with van der Waals surface area (Å²) in [5, 5.41) is 0. The summed E-state index contributed by atoms with van der Waals surface area (Å²) in [5.74, 6) is -8.27. The highest BCUT2D eigenvalue weighted by atomic mass is 31.2. The first-order chi connectivity index (χ1) is 10.8. The van der Waals surface area contributed by atoms with E-state index in [1.54, 1.807) is 0 Å². The molecule has 0 aliphatic rings. The minimum atomic E-state index is -5.67. The van der Waals surface area contributed by atoms with Crippen LogP contribution in [0.25, 0.3) is 0 Å². The van der Waals surface area contributed by atoms with E-state index in [9.17, 15) is 40.5 Å². The number of hydrogen-bond acceptors (Lipinski definition) is 7. The van der Waals surface area contributed by atoms with Crippen LogP contribution >= 0.6 is 7.60 Å². The molecule has 0 spiro atoms. The van der Waals surface area contributed by atoms with Crippen molar-refractivity contribution in [2.75, 3.05) is 19.5 Å². The summed E-state index contributed by atoms with van der Waals surface area (Å²) < 4.78 is 97.7. The highest BCUT2D eigenvalue weighted by Gasteiger charge is 2.48. The van der Waals surface area contributed by atoms with Gasteiger partial charge in [-0.05, 0) is 13.8 Å². The molecule has 0 N–H and O–H groups in total. The quantitative estimate of drug-likeness (QED) is 0.219. The van der Waals surface area contributed by atoms with E-state index >= 15 is 0 Å². The summed E-state index contributed by atoms with van der Waals surface area (Å²) in [6.07, 6.45) is -12.6. The van der Waals surface area contributed by atoms with Crippen molar-refractivity contribution in [2.45, 2.75) is 26.2 Å². The van der Waals surface area contributed by atoms with Gasteiger partial charge in [0.05, 0.1) is 13.2 Å². The molecule has 7 nitrogen and oxygen atoms in total. The Bertz CT molecular complexity index is 533. The van der Waals surface area contributed by atoms with Crippen molar-refractivity contribution in [2.24, 2.45) is 4.99 Å². The third kappa shape index (κ3) is 7.41. The van der Waals surface area contributed by atoms with E-state index in [2.05, 4.69) is 18.8 Å². The number of halogens is 6. The van der Waals surface area contributed by atoms with Crippen LogP contribution in [0.1, 0.15) is 13.8 Å². The first-order valence-electron chi connectivity index (χ1n) is 6.10. The van der Waals surface area contributed by atoms with Gasteiger partial charge in [-0.2, -0.15) is 26.3 Å². The van der Waals surface area contributed by atoms with Gasteiger partial charge in [-0.25, -0.2) is 9.79 Å². The molecule has 0 atom stereocenters. The number of alkyl halides is 6. The van der Waals surface area contributed by atoms with Gasteiger partial charge in [0.1, 0.15) is 6.29 Å². The average Bonchev–Trinajstić information content (AvgIpc) is 2.40. The highest BCUT2D eigenvalue weighted by Crippen LogP contribution is 2.48. The summed E-state index contributed by atoms with van der Waals surface area (Å²) >= 11 is 0. The largest absolute Gasteiger partial charge is 0.491 e. The number of aliphatic imine (C=N–C) groups is 1. The Morgan fingerprint density at radius 2 is 1.42 bits per heavy atom. The summed E-state index contributed by atoms with van der Waals surface area (Å²) in [5.41, 5.74) is 0. The van der Waals surface area contributed by atoms with Crippen molar-refractivity contribution in [1.29, 1.82) is 0 Å². The van der Waals surface area contributed by atoms with Crippen LogP contribution in [-0.4, -0.2) is 49.5 Å². The number of carbonyl (C=O) groups is 2. The maximum absolute atomic E-state index is 12.3. The van der Waals surface area contributed by atoms with Crippen molar-refractivity contribution in [3.8, 4) is 0 Å². The lowest BCUT2D eigenvalue weighted by Crippen LogP contribution is -2.37. The van der Waals surface area contributed by atoms with E-state index in [0.29, 0.717) is 0 Å². The number of ether oxygens (including phenoxy) is 1. The minimum absolute atomic E-state index is 0.225. The molecule has 24 heavy (non-hydrogen) atoms. The highest BCUT2D eigenvalue weighted by molar-refractivity contribution is 7.53. The predicted octanol–water partition coefficient (Wildman–Crippen LogP) is 2.85. The number of ketones is 1. The molecule has 0 heterocycles. The van der Waals surface area contributed by atoms with Crippen molar-refractivity contribution < 1.29 is 54.3 Å². The van der Waals surface area contributed by atoms with E-state index in [0.717, 1.165) is 0 Å². The summed E-state index contributed by atoms with van der Waals surface area (Å²) in [6, 6.07) is 0. The number of nitrogens with zero attached hydrogens (tertiary/aromatic N) is 1. The Morgan fingerprint density at radius 3 is 1.75 bits per heavy atom. The number of Topliss-reactive ketones (excluding diaryl/α,β-unsaturated/α-hetero) is 1. The van der Waals surface area contributed by atoms with Gasteiger partial charge in [-0.3, -0.25) is 9.36 Å². The Balaban J connectivity index is 5.57. The Labute approximate surface area is 131 Å². The van der Waals surface area contributed by atoms with E-state index in [4.69, 9.17) is 0 Å². The number of rotatable bonds is 7. The molecule has 0 radical (unpaired) electrons. The SMILES string of the molecule is CCOP(=O)(C/N=C(/OC(=O)C(F)(F)F)C(=O)C(F)(F)F)OCC. The smallest absolute Gasteiger partial charge is 0.397 e. The van der Waals surface area contributed by atoms with Gasteiger partial charge in [-0.1, -0.05) is 0 Å². The van der Waals surface area contributed by atoms with Crippen LogP contribution in [0.3, 0.4) is 0 Å². The second-order valence-electron chi connectivity index (χ2n) is 3.77. The molecule has 0 rings (SSSR count). The lowest BCUT2D eigenvalue weighted by Gasteiger charge is -2.15. The first kappa shape index (κ1) is 22.5. The fourth-order valence-corrected chi connectivity index (χ4v) is 2.41. The number of hydrogen-bond donors (Lipinski definition) is 0. The van der Waals surface area contributed by atoms with E-state index in [-0.39, 0.29) is 13.2 Å². The lowest BCUT2D eigenvalue weighted by atomic mass is 10.4. The zero-order valence-corrected chi connectivity index (χ0v) is 13.1. The Hall–Kier alpha value is -1.46. The second-order valence-corrected chi connectivity index (χ2v) is 5.79. The van der Waals surface area contributed by atoms with Crippen LogP contribution < -0.4 is 0 Å². The molecule has 0 bridgehead atoms. The van der Waals surface area contributed by atoms with Crippen LogP contribution in [0.4, 0.5) is 26.3 Å². The normalized spacial score (nSPS) is 13.8. The fraction of sp³-hybridized carbons (Fsp3) is 0.700. The fourth-order valence-electron chi connectivity index (χ4n) is 1.08. The van der Waals surface area contributed by atoms with Gasteiger partial charge < -0.3 is 13.8 Å². The third-order valence-electron chi connectivity index (χ3n) is 1.91. The molecular weight excluding hydrogens is 375 g/mol. The number of esters is 1. The molecular formula is C10H12F6NO6P. The predicted molar refractivity (Wildman–Crippen MR) is 66.4 cm³/mol. The van der Waals surface area contributed by atoms with Gasteiger partial charge in [0.15, 0.2) is 0 Å². The number of carbonyl (C=O) groups excluding carboxylic acids is 2. The van der Waals surface area contributed by atoms with Gasteiger partial charge in [0.25, 0.3) is 5.90 Å². The van der Waals surface area contributed by atoms with Crippen LogP contribution in [0.15, 0.2) is 4.99 Å². The molecule has 0 saturated carbocycles. The van der Waals surface area contributed by atoms with Crippen LogP contribution in [0, 0.1) is 0 Å². The second kappa shape index (κ2) is 8.58. The lowest BCUT2D eigenvalue weighted by molar-refractivity contribution is -0.192. The van der Waals surface area contributed by atoms with Gasteiger partial charge >= 0.3 is 31.7 Å². The van der Waals surface area contributed by atoms with Crippen LogP contribution in [0.5, 0.6) is 0 Å². The molecule has 0 aromatic rings. The Kier molecular flexibility index (Phi) is 8.06. The molecule has 0 aromatic heterocycles. The van der Waals surface area contributed by atoms with E-state index < -0.39 is 43.9 Å². The maximum Gasteiger partial charge on any atom is 0.491 e. The summed E-state index contributed by atoms with van der Waals surface area (Å²) in [4.78, 5) is 24.3. The van der Waals surface area contributed by atoms with E-state index in [1.807, 2.05) is 0 Å². The summed E-state index contributed by atoms with van der Waals surface area (Å²) in [6.45, 7) is 2.25. The average molecular weight is 387 g/mol. The van der Waals surface area contributed by atoms with Gasteiger partial charge in [-0.15, -0.1) is 0 Å². The Morgan fingerprint density at radius 1 is 0.958 bits per heavy atom. The molecule has 0 unspecified atom stereocenters. The van der Waals surface area contributed by atoms with Crippen molar-refractivity contribution >= 4 is 25.2 Å². The third-order valence-corrected chi connectivity index (χ3v) is 3.70. The molecule has 0 aliphatic heterocycles. The first-order valence-corrected chi connectivity index (χ1v) is 7.82. The molecule has 0 aromatic carbocycles. The maximum atomic E-state index is 12.3. The van der Waals surface area contributed by atoms with Crippen molar-refractivity contribution in [1.82, 2.24) is 0 Å². The van der Waals surface area contributed by atoms with Gasteiger partial charge in [0, 0.05) is 0 Å². The standard InChI is InChI=1S/C10H12F6NO6P/c1-3-21-24(20,22-4-2)5-17-7(6(18)9(11,12)13)23-8(19)10(14,15)16/h3-5H2,1-2H3/b17-7+. The molecule has 140 valence electrons. The minimum Gasteiger partial charge on any atom is -0.397 e. The molecule has 0 amide bonds.